The fourth-order valence-electron chi connectivity index (χ4n) is 2.20. The van der Waals surface area contributed by atoms with Crippen molar-refractivity contribution in [2.45, 2.75) is 33.6 Å². The van der Waals surface area contributed by atoms with Gasteiger partial charge in [0.2, 0.25) is 0 Å². The first-order valence-electron chi connectivity index (χ1n) is 4.55. The highest BCUT2D eigenvalue weighted by atomic mass is 14.6. The summed E-state index contributed by atoms with van der Waals surface area (Å²) in [6, 6.07) is 0. The second-order valence-corrected chi connectivity index (χ2v) is 4.42. The molecular weight excluding hydrogens is 120 g/mol. The molecule has 0 aromatic carbocycles. The van der Waals surface area contributed by atoms with Crippen molar-refractivity contribution >= 4 is 0 Å². The first kappa shape index (κ1) is 6.69. The lowest BCUT2D eigenvalue weighted by Crippen LogP contribution is -1.92. The van der Waals surface area contributed by atoms with Crippen LogP contribution in [0.25, 0.3) is 0 Å². The van der Waals surface area contributed by atoms with Crippen LogP contribution in [0.4, 0.5) is 0 Å². The Bertz CT molecular complexity index is 137. The molecule has 57 valence electrons. The average Bonchev–Trinajstić information content (AvgIpc) is 2.57. The van der Waals surface area contributed by atoms with Crippen LogP contribution in [-0.2, 0) is 0 Å². The fraction of sp³-hybridized carbons (Fsp3) is 0.900. The molecule has 0 amide bonds. The van der Waals surface area contributed by atoms with Gasteiger partial charge in [0.1, 0.15) is 0 Å². The molecule has 0 aromatic rings. The lowest BCUT2D eigenvalue weighted by molar-refractivity contribution is 0.616. The molecule has 0 aromatic heterocycles. The maximum absolute atomic E-state index is 2.39. The van der Waals surface area contributed by atoms with Gasteiger partial charge < -0.3 is 0 Å². The fourth-order valence-corrected chi connectivity index (χ4v) is 2.20. The van der Waals surface area contributed by atoms with Gasteiger partial charge in [-0.25, -0.2) is 0 Å². The zero-order valence-corrected chi connectivity index (χ0v) is 7.22. The van der Waals surface area contributed by atoms with Gasteiger partial charge >= 0.3 is 0 Å². The molecule has 0 bridgehead atoms. The largest absolute Gasteiger partial charge is 0.0622 e. The van der Waals surface area contributed by atoms with E-state index in [-0.39, 0.29) is 0 Å². The third kappa shape index (κ3) is 0.980. The second-order valence-electron chi connectivity index (χ2n) is 4.42. The maximum Gasteiger partial charge on any atom is -0.0178 e. The Labute approximate surface area is 64.0 Å². The summed E-state index contributed by atoms with van der Waals surface area (Å²) in [4.78, 5) is 0. The third-order valence-electron chi connectivity index (χ3n) is 3.20. The zero-order chi connectivity index (χ0) is 7.30. The van der Waals surface area contributed by atoms with Gasteiger partial charge in [0.25, 0.3) is 0 Å². The molecule has 0 aliphatic heterocycles. The van der Waals surface area contributed by atoms with Crippen molar-refractivity contribution in [1.82, 2.24) is 0 Å². The first-order chi connectivity index (χ1) is 4.70. The Morgan fingerprint density at radius 3 is 2.30 bits per heavy atom. The minimum absolute atomic E-state index is 0.873. The van der Waals surface area contributed by atoms with Crippen molar-refractivity contribution in [3.8, 4) is 0 Å². The van der Waals surface area contributed by atoms with Crippen molar-refractivity contribution in [1.29, 1.82) is 0 Å². The zero-order valence-electron chi connectivity index (χ0n) is 7.22. The monoisotopic (exact) mass is 137 g/mol. The summed E-state index contributed by atoms with van der Waals surface area (Å²) in [6.45, 7) is 7.06. The Hall–Kier alpha value is 0. The summed E-state index contributed by atoms with van der Waals surface area (Å²) in [5.74, 6) is 5.96. The minimum Gasteiger partial charge on any atom is -0.0622 e. The van der Waals surface area contributed by atoms with Crippen LogP contribution in [0.15, 0.2) is 0 Å². The predicted molar refractivity (Wildman–Crippen MR) is 43.5 cm³/mol. The van der Waals surface area contributed by atoms with Crippen molar-refractivity contribution in [2.75, 3.05) is 0 Å². The SMILES string of the molecule is CC(C)[C]1CC1C1CC1C. The molecule has 3 atom stereocenters. The molecule has 0 heterocycles. The van der Waals surface area contributed by atoms with E-state index in [1.807, 2.05) is 5.92 Å². The lowest BCUT2D eigenvalue weighted by atomic mass is 10.1. The molecular formula is C10H17. The molecule has 2 saturated carbocycles. The molecule has 0 spiro atoms. The minimum atomic E-state index is 0.873. The Morgan fingerprint density at radius 2 is 2.00 bits per heavy atom. The molecule has 3 unspecified atom stereocenters. The van der Waals surface area contributed by atoms with Crippen LogP contribution >= 0.6 is 0 Å². The van der Waals surface area contributed by atoms with Gasteiger partial charge in [-0.2, -0.15) is 0 Å². The van der Waals surface area contributed by atoms with Gasteiger partial charge in [-0.3, -0.25) is 0 Å². The highest BCUT2D eigenvalue weighted by Gasteiger charge is 2.52. The molecule has 0 saturated heterocycles. The molecule has 2 fully saturated rings. The van der Waals surface area contributed by atoms with Gasteiger partial charge in [-0.1, -0.05) is 20.8 Å². The Morgan fingerprint density at radius 1 is 1.40 bits per heavy atom. The van der Waals surface area contributed by atoms with Crippen LogP contribution < -0.4 is 0 Å². The van der Waals surface area contributed by atoms with E-state index in [9.17, 15) is 0 Å². The quantitative estimate of drug-likeness (QED) is 0.549. The number of hydrogen-bond acceptors (Lipinski definition) is 0. The van der Waals surface area contributed by atoms with Crippen molar-refractivity contribution in [3.05, 3.63) is 5.92 Å². The molecule has 0 N–H and O–H groups in total. The standard InChI is InChI=1S/C10H17/c1-6(2)8-5-10(8)9-4-7(9)3/h6-7,9-10H,4-5H2,1-3H3. The summed E-state index contributed by atoms with van der Waals surface area (Å²) in [6.07, 6.45) is 2.98. The predicted octanol–water partition coefficient (Wildman–Crippen LogP) is 2.89. The van der Waals surface area contributed by atoms with E-state index in [1.165, 1.54) is 12.8 Å². The summed E-state index contributed by atoms with van der Waals surface area (Å²) in [5, 5.41) is 0. The van der Waals surface area contributed by atoms with E-state index >= 15 is 0 Å². The molecule has 10 heavy (non-hydrogen) atoms. The number of rotatable bonds is 2. The van der Waals surface area contributed by atoms with Gasteiger partial charge in [0, 0.05) is 0 Å². The molecule has 0 nitrogen and oxygen atoms in total. The topological polar surface area (TPSA) is 0 Å². The molecule has 2 rings (SSSR count). The van der Waals surface area contributed by atoms with Gasteiger partial charge in [-0.15, -0.1) is 0 Å². The summed E-state index contributed by atoms with van der Waals surface area (Å²) in [7, 11) is 0. The van der Waals surface area contributed by atoms with Gasteiger partial charge in [-0.05, 0) is 42.4 Å². The average molecular weight is 137 g/mol. The molecule has 1 radical (unpaired) electrons. The first-order valence-corrected chi connectivity index (χ1v) is 4.55. The highest BCUT2D eigenvalue weighted by Crippen LogP contribution is 2.61. The van der Waals surface area contributed by atoms with Crippen molar-refractivity contribution in [3.63, 3.8) is 0 Å². The van der Waals surface area contributed by atoms with E-state index in [1.54, 1.807) is 0 Å². The summed E-state index contributed by atoms with van der Waals surface area (Å²) in [5.41, 5.74) is 0. The maximum atomic E-state index is 2.39. The highest BCUT2D eigenvalue weighted by molar-refractivity contribution is 5.21. The number of hydrogen-bond donors (Lipinski definition) is 0. The second kappa shape index (κ2) is 1.99. The summed E-state index contributed by atoms with van der Waals surface area (Å²) >= 11 is 0. The van der Waals surface area contributed by atoms with E-state index in [0.717, 1.165) is 23.7 Å². The van der Waals surface area contributed by atoms with Crippen LogP contribution in [0.2, 0.25) is 0 Å². The van der Waals surface area contributed by atoms with Crippen LogP contribution in [0.1, 0.15) is 33.6 Å². The Kier molecular flexibility index (Phi) is 1.33. The smallest absolute Gasteiger partial charge is 0.0178 e. The summed E-state index contributed by atoms with van der Waals surface area (Å²) < 4.78 is 0. The van der Waals surface area contributed by atoms with Crippen LogP contribution in [0.3, 0.4) is 0 Å². The normalized spacial score (nSPS) is 46.2. The van der Waals surface area contributed by atoms with Crippen molar-refractivity contribution < 1.29 is 0 Å². The van der Waals surface area contributed by atoms with Crippen molar-refractivity contribution in [2.24, 2.45) is 23.7 Å². The van der Waals surface area contributed by atoms with E-state index < -0.39 is 0 Å². The van der Waals surface area contributed by atoms with E-state index in [4.69, 9.17) is 0 Å². The van der Waals surface area contributed by atoms with E-state index in [2.05, 4.69) is 20.8 Å². The van der Waals surface area contributed by atoms with Gasteiger partial charge in [0.15, 0.2) is 0 Å². The molecule has 2 aliphatic carbocycles. The Balaban J connectivity index is 1.80. The molecule has 0 heteroatoms. The van der Waals surface area contributed by atoms with Crippen LogP contribution in [0.5, 0.6) is 0 Å². The lowest BCUT2D eigenvalue weighted by Gasteiger charge is -2.00. The van der Waals surface area contributed by atoms with E-state index in [0.29, 0.717) is 0 Å². The molecule has 2 aliphatic rings. The third-order valence-corrected chi connectivity index (χ3v) is 3.20. The van der Waals surface area contributed by atoms with Crippen LogP contribution in [0, 0.1) is 29.6 Å². The van der Waals surface area contributed by atoms with Gasteiger partial charge in [0.05, 0.1) is 0 Å². The van der Waals surface area contributed by atoms with Crippen LogP contribution in [-0.4, -0.2) is 0 Å².